The zero-order chi connectivity index (χ0) is 11.5. The van der Waals surface area contributed by atoms with E-state index in [1.54, 1.807) is 0 Å². The van der Waals surface area contributed by atoms with Gasteiger partial charge in [0.15, 0.2) is 11.6 Å². The van der Waals surface area contributed by atoms with Crippen molar-refractivity contribution in [3.8, 4) is 5.75 Å². The topological polar surface area (TPSA) is 29.5 Å². The smallest absolute Gasteiger partial charge is 0.403 e. The lowest BCUT2D eigenvalue weighted by atomic mass is 10.1. The van der Waals surface area contributed by atoms with Crippen molar-refractivity contribution in [2.24, 2.45) is 0 Å². The fourth-order valence-electron chi connectivity index (χ4n) is 1.04. The van der Waals surface area contributed by atoms with E-state index in [1.165, 1.54) is 6.07 Å². The van der Waals surface area contributed by atoms with Crippen LogP contribution >= 0.6 is 0 Å². The molecule has 0 saturated carbocycles. The summed E-state index contributed by atoms with van der Waals surface area (Å²) in [7, 11) is 0. The van der Waals surface area contributed by atoms with Crippen LogP contribution in [0, 0.1) is 5.82 Å². The number of aliphatic hydroxyl groups excluding tert-OH is 1. The van der Waals surface area contributed by atoms with Crippen molar-refractivity contribution in [3.05, 3.63) is 29.6 Å². The van der Waals surface area contributed by atoms with E-state index in [4.69, 9.17) is 5.11 Å². The molecule has 0 fully saturated rings. The second-order valence-corrected chi connectivity index (χ2v) is 2.79. The predicted molar refractivity (Wildman–Crippen MR) is 43.9 cm³/mol. The van der Waals surface area contributed by atoms with Crippen LogP contribution in [-0.2, 0) is 6.42 Å². The highest BCUT2D eigenvalue weighted by molar-refractivity contribution is 5.29. The van der Waals surface area contributed by atoms with Gasteiger partial charge in [0.1, 0.15) is 0 Å². The lowest BCUT2D eigenvalue weighted by Gasteiger charge is -2.10. The van der Waals surface area contributed by atoms with E-state index in [0.717, 1.165) is 12.1 Å². The molecule has 2 nitrogen and oxygen atoms in total. The van der Waals surface area contributed by atoms with Crippen molar-refractivity contribution in [3.63, 3.8) is 0 Å². The summed E-state index contributed by atoms with van der Waals surface area (Å²) in [5.74, 6) is -1.97. The number of rotatable bonds is 3. The Morgan fingerprint density at radius 1 is 1.27 bits per heavy atom. The molecule has 0 aromatic heterocycles. The lowest BCUT2D eigenvalue weighted by molar-refractivity contribution is -0.275. The van der Waals surface area contributed by atoms with Crippen molar-refractivity contribution in [1.82, 2.24) is 0 Å². The quantitative estimate of drug-likeness (QED) is 0.798. The van der Waals surface area contributed by atoms with Crippen molar-refractivity contribution in [2.45, 2.75) is 12.8 Å². The molecular weight excluding hydrogens is 216 g/mol. The Balaban J connectivity index is 2.84. The van der Waals surface area contributed by atoms with Crippen LogP contribution in [0.1, 0.15) is 5.56 Å². The van der Waals surface area contributed by atoms with Gasteiger partial charge in [-0.25, -0.2) is 4.39 Å². The van der Waals surface area contributed by atoms with E-state index in [9.17, 15) is 17.6 Å². The van der Waals surface area contributed by atoms with Crippen LogP contribution in [0.5, 0.6) is 5.75 Å². The highest BCUT2D eigenvalue weighted by Gasteiger charge is 2.32. The standard InChI is InChI=1S/C9H8F4O2/c10-7-5-6(3-4-14)1-2-8(7)15-9(11,12)13/h1-2,5,14H,3-4H2. The SMILES string of the molecule is OCCc1ccc(OC(F)(F)F)c(F)c1. The largest absolute Gasteiger partial charge is 0.573 e. The average Bonchev–Trinajstić information content (AvgIpc) is 2.08. The van der Waals surface area contributed by atoms with Gasteiger partial charge in [0.2, 0.25) is 0 Å². The first kappa shape index (κ1) is 11.8. The number of ether oxygens (including phenoxy) is 1. The highest BCUT2D eigenvalue weighted by atomic mass is 19.4. The van der Waals surface area contributed by atoms with Gasteiger partial charge in [-0.05, 0) is 24.1 Å². The summed E-state index contributed by atoms with van der Waals surface area (Å²) in [6.07, 6.45) is -4.72. The monoisotopic (exact) mass is 224 g/mol. The van der Waals surface area contributed by atoms with Crippen LogP contribution in [0.4, 0.5) is 17.6 Å². The summed E-state index contributed by atoms with van der Waals surface area (Å²) < 4.78 is 51.6. The van der Waals surface area contributed by atoms with E-state index in [1.807, 2.05) is 0 Å². The molecule has 0 aliphatic rings. The van der Waals surface area contributed by atoms with E-state index in [2.05, 4.69) is 4.74 Å². The molecule has 6 heteroatoms. The first-order chi connectivity index (χ1) is 6.92. The van der Waals surface area contributed by atoms with Crippen LogP contribution in [-0.4, -0.2) is 18.1 Å². The Bertz CT molecular complexity index is 335. The third kappa shape index (κ3) is 3.75. The van der Waals surface area contributed by atoms with Gasteiger partial charge in [0.25, 0.3) is 0 Å². The molecule has 0 heterocycles. The minimum absolute atomic E-state index is 0.184. The van der Waals surface area contributed by atoms with E-state index < -0.39 is 17.9 Å². The average molecular weight is 224 g/mol. The highest BCUT2D eigenvalue weighted by Crippen LogP contribution is 2.26. The minimum Gasteiger partial charge on any atom is -0.403 e. The number of halogens is 4. The van der Waals surface area contributed by atoms with E-state index in [-0.39, 0.29) is 13.0 Å². The fourth-order valence-corrected chi connectivity index (χ4v) is 1.04. The summed E-state index contributed by atoms with van der Waals surface area (Å²) in [6, 6.07) is 3.05. The van der Waals surface area contributed by atoms with E-state index >= 15 is 0 Å². The maximum atomic E-state index is 13.0. The summed E-state index contributed by atoms with van der Waals surface area (Å²) in [5, 5.41) is 8.53. The lowest BCUT2D eigenvalue weighted by Crippen LogP contribution is -2.18. The molecule has 0 aliphatic heterocycles. The summed E-state index contributed by atoms with van der Waals surface area (Å²) >= 11 is 0. The molecule has 1 aromatic carbocycles. The van der Waals surface area contributed by atoms with Gasteiger partial charge in [-0.15, -0.1) is 13.2 Å². The first-order valence-electron chi connectivity index (χ1n) is 4.07. The number of hydrogen-bond acceptors (Lipinski definition) is 2. The molecule has 0 amide bonds. The van der Waals surface area contributed by atoms with Crippen LogP contribution in [0.25, 0.3) is 0 Å². The number of hydrogen-bond donors (Lipinski definition) is 1. The van der Waals surface area contributed by atoms with Gasteiger partial charge in [-0.1, -0.05) is 6.07 Å². The Morgan fingerprint density at radius 3 is 2.40 bits per heavy atom. The molecule has 1 N–H and O–H groups in total. The van der Waals surface area contributed by atoms with Crippen molar-refractivity contribution in [2.75, 3.05) is 6.61 Å². The van der Waals surface area contributed by atoms with Gasteiger partial charge >= 0.3 is 6.36 Å². The second-order valence-electron chi connectivity index (χ2n) is 2.79. The molecule has 0 atom stereocenters. The predicted octanol–water partition coefficient (Wildman–Crippen LogP) is 2.26. The van der Waals surface area contributed by atoms with Crippen molar-refractivity contribution in [1.29, 1.82) is 0 Å². The molecule has 0 aliphatic carbocycles. The number of aliphatic hydroxyl groups is 1. The molecule has 1 aromatic rings. The van der Waals surface area contributed by atoms with Gasteiger partial charge in [-0.2, -0.15) is 0 Å². The van der Waals surface area contributed by atoms with Crippen molar-refractivity contribution < 1.29 is 27.4 Å². The Hall–Kier alpha value is -1.30. The van der Waals surface area contributed by atoms with E-state index in [0.29, 0.717) is 5.56 Å². The Labute approximate surface area is 83.1 Å². The van der Waals surface area contributed by atoms with Crippen LogP contribution in [0.15, 0.2) is 18.2 Å². The molecule has 0 unspecified atom stereocenters. The van der Waals surface area contributed by atoms with Gasteiger partial charge in [0.05, 0.1) is 0 Å². The zero-order valence-corrected chi connectivity index (χ0v) is 7.51. The Morgan fingerprint density at radius 2 is 1.93 bits per heavy atom. The molecule has 1 rings (SSSR count). The molecular formula is C9H8F4O2. The maximum absolute atomic E-state index is 13.0. The van der Waals surface area contributed by atoms with Gasteiger partial charge < -0.3 is 9.84 Å². The number of alkyl halides is 3. The molecule has 0 saturated heterocycles. The first-order valence-corrected chi connectivity index (χ1v) is 4.07. The molecule has 15 heavy (non-hydrogen) atoms. The second kappa shape index (κ2) is 4.48. The molecule has 0 radical (unpaired) electrons. The zero-order valence-electron chi connectivity index (χ0n) is 7.51. The van der Waals surface area contributed by atoms with Crippen LogP contribution in [0.2, 0.25) is 0 Å². The summed E-state index contributed by atoms with van der Waals surface area (Å²) in [4.78, 5) is 0. The third-order valence-corrected chi connectivity index (χ3v) is 1.62. The number of benzene rings is 1. The fraction of sp³-hybridized carbons (Fsp3) is 0.333. The van der Waals surface area contributed by atoms with Crippen molar-refractivity contribution >= 4 is 0 Å². The third-order valence-electron chi connectivity index (χ3n) is 1.62. The summed E-state index contributed by atoms with van der Waals surface area (Å²) in [6.45, 7) is -0.196. The normalized spacial score (nSPS) is 11.5. The molecule has 84 valence electrons. The molecule has 0 bridgehead atoms. The van der Waals surface area contributed by atoms with Crippen LogP contribution < -0.4 is 4.74 Å². The minimum atomic E-state index is -4.90. The summed E-state index contributed by atoms with van der Waals surface area (Å²) in [5.41, 5.74) is 0.407. The van der Waals surface area contributed by atoms with Crippen LogP contribution in [0.3, 0.4) is 0 Å². The Kier molecular flexibility index (Phi) is 3.52. The van der Waals surface area contributed by atoms with Gasteiger partial charge in [-0.3, -0.25) is 0 Å². The molecule has 0 spiro atoms. The maximum Gasteiger partial charge on any atom is 0.573 e. The van der Waals surface area contributed by atoms with Gasteiger partial charge in [0, 0.05) is 6.61 Å².